The van der Waals surface area contributed by atoms with Gasteiger partial charge in [0.05, 0.1) is 11.5 Å². The molecule has 1 N–H and O–H groups in total. The summed E-state index contributed by atoms with van der Waals surface area (Å²) in [6.45, 7) is 0. The number of benzene rings is 10. The summed E-state index contributed by atoms with van der Waals surface area (Å²) < 4.78 is 15.8. The minimum absolute atomic E-state index is 0.128. The van der Waals surface area contributed by atoms with Crippen LogP contribution < -0.4 is 5.32 Å². The number of fused-ring (bicyclic) bond motifs is 19. The third-order valence-electron chi connectivity index (χ3n) is 15.6. The fourth-order valence-electron chi connectivity index (χ4n) is 12.7. The summed E-state index contributed by atoms with van der Waals surface area (Å²) in [7, 11) is 0. The van der Waals surface area contributed by atoms with Crippen LogP contribution in [0, 0.1) is 0 Å². The molecule has 13 aromatic rings. The van der Waals surface area contributed by atoms with E-state index in [2.05, 4.69) is 218 Å². The molecule has 1 spiro atoms. The molecule has 0 bridgehead atoms. The number of thiophene rings is 1. The number of para-hydroxylation sites is 1. The van der Waals surface area contributed by atoms with Crippen LogP contribution >= 0.6 is 11.3 Å². The Kier molecular flexibility index (Phi) is 7.75. The van der Waals surface area contributed by atoms with E-state index >= 15 is 0 Å². The van der Waals surface area contributed by atoms with E-state index in [-0.39, 0.29) is 6.04 Å². The van der Waals surface area contributed by atoms with E-state index in [9.17, 15) is 0 Å². The van der Waals surface area contributed by atoms with Crippen molar-refractivity contribution in [1.82, 2.24) is 5.32 Å². The van der Waals surface area contributed by atoms with Crippen molar-refractivity contribution in [3.8, 4) is 33.4 Å². The molecule has 3 nitrogen and oxygen atoms in total. The highest BCUT2D eigenvalue weighted by Crippen LogP contribution is 2.64. The molecule has 0 saturated carbocycles. The smallest absolute Gasteiger partial charge is 0.136 e. The van der Waals surface area contributed by atoms with Crippen LogP contribution in [0.4, 0.5) is 0 Å². The molecule has 0 amide bonds. The standard InChI is InChI=1S/C66H39NO2S/c1-6-22-51-42(14-1)43-15-2-7-23-52(43)66(51)53-24-8-3-17-46(53)63-41(19-11-25-54(63)66)39-31-33-58-50(34-39)64-47(20-12-27-59(64)68-58)55-35-40(38-30-32-45-44-16-4-9-26-57(44)69-60(45)37-38)36-56(67-55)48-21-13-29-62-65(48)49-18-5-10-28-61(49)70-62/h1-37,56,67H. The predicted octanol–water partition coefficient (Wildman–Crippen LogP) is 17.6. The van der Waals surface area contributed by atoms with E-state index in [1.807, 2.05) is 23.5 Å². The lowest BCUT2D eigenvalue weighted by Crippen LogP contribution is -2.25. The molecule has 0 saturated heterocycles. The molecule has 10 aromatic carbocycles. The first-order valence-electron chi connectivity index (χ1n) is 24.1. The molecule has 70 heavy (non-hydrogen) atoms. The highest BCUT2D eigenvalue weighted by molar-refractivity contribution is 7.25. The van der Waals surface area contributed by atoms with Gasteiger partial charge in [-0.3, -0.25) is 0 Å². The Hall–Kier alpha value is -8.70. The number of dihydropyridines is 1. The van der Waals surface area contributed by atoms with Crippen molar-refractivity contribution in [3.05, 3.63) is 263 Å². The third kappa shape index (κ3) is 5.13. The zero-order chi connectivity index (χ0) is 45.7. The molecule has 3 aliphatic rings. The number of hydrogen-bond donors (Lipinski definition) is 1. The maximum Gasteiger partial charge on any atom is 0.136 e. The monoisotopic (exact) mass is 909 g/mol. The number of nitrogens with one attached hydrogen (secondary N) is 1. The van der Waals surface area contributed by atoms with Gasteiger partial charge in [0.25, 0.3) is 0 Å². The molecule has 3 aromatic heterocycles. The number of allylic oxidation sites excluding steroid dienone is 2. The van der Waals surface area contributed by atoms with E-state index in [1.54, 1.807) is 0 Å². The van der Waals surface area contributed by atoms with E-state index < -0.39 is 5.41 Å². The molecule has 2 aliphatic carbocycles. The van der Waals surface area contributed by atoms with Crippen LogP contribution in [0.2, 0.25) is 0 Å². The summed E-state index contributed by atoms with van der Waals surface area (Å²) in [5, 5.41) is 11.1. The Morgan fingerprint density at radius 1 is 0.400 bits per heavy atom. The Balaban J connectivity index is 0.893. The Bertz CT molecular complexity index is 4430. The van der Waals surface area contributed by atoms with E-state index in [4.69, 9.17) is 8.83 Å². The van der Waals surface area contributed by atoms with Crippen molar-refractivity contribution >= 4 is 86.7 Å². The van der Waals surface area contributed by atoms with E-state index in [1.165, 1.54) is 75.8 Å². The zero-order valence-corrected chi connectivity index (χ0v) is 38.5. The van der Waals surface area contributed by atoms with E-state index in [0.29, 0.717) is 0 Å². The molecule has 4 heterocycles. The van der Waals surface area contributed by atoms with Gasteiger partial charge < -0.3 is 14.2 Å². The topological polar surface area (TPSA) is 38.3 Å². The average Bonchev–Trinajstić information content (AvgIpc) is 4.23. The highest BCUT2D eigenvalue weighted by atomic mass is 32.1. The van der Waals surface area contributed by atoms with Gasteiger partial charge in [-0.1, -0.05) is 164 Å². The van der Waals surface area contributed by atoms with Gasteiger partial charge in [0.15, 0.2) is 0 Å². The number of furan rings is 2. The molecule has 0 fully saturated rings. The summed E-state index contributed by atoms with van der Waals surface area (Å²) in [4.78, 5) is 0. The molecular weight excluding hydrogens is 871 g/mol. The summed E-state index contributed by atoms with van der Waals surface area (Å²) in [6, 6.07) is 77.7. The lowest BCUT2D eigenvalue weighted by atomic mass is 9.70. The third-order valence-corrected chi connectivity index (χ3v) is 16.7. The number of hydrogen-bond acceptors (Lipinski definition) is 4. The van der Waals surface area contributed by atoms with Crippen LogP contribution in [-0.2, 0) is 5.41 Å². The minimum Gasteiger partial charge on any atom is -0.456 e. The van der Waals surface area contributed by atoms with Crippen molar-refractivity contribution in [1.29, 1.82) is 0 Å². The first-order chi connectivity index (χ1) is 34.7. The Morgan fingerprint density at radius 3 is 1.86 bits per heavy atom. The molecule has 1 atom stereocenters. The lowest BCUT2D eigenvalue weighted by molar-refractivity contribution is 0.668. The second-order valence-corrected chi connectivity index (χ2v) is 20.1. The van der Waals surface area contributed by atoms with Gasteiger partial charge in [0.2, 0.25) is 0 Å². The SMILES string of the molecule is C1=C(c2ccc3c(c2)oc2ccccc23)C=C(c2cccc3oc4ccc(-c5cccc6c5-c5ccccc5C65c6ccccc6-c6ccccc65)cc4c23)NC1c1cccc2sc3ccccc3c12. The van der Waals surface area contributed by atoms with Crippen LogP contribution in [0.1, 0.15) is 45.0 Å². The lowest BCUT2D eigenvalue weighted by Gasteiger charge is -2.30. The highest BCUT2D eigenvalue weighted by Gasteiger charge is 2.52. The largest absolute Gasteiger partial charge is 0.456 e. The van der Waals surface area contributed by atoms with Gasteiger partial charge in [-0.2, -0.15) is 0 Å². The summed E-state index contributed by atoms with van der Waals surface area (Å²) in [5.41, 5.74) is 21.7. The molecule has 16 rings (SSSR count). The first-order valence-corrected chi connectivity index (χ1v) is 24.9. The van der Waals surface area contributed by atoms with Crippen LogP contribution in [0.25, 0.3) is 109 Å². The van der Waals surface area contributed by atoms with Crippen molar-refractivity contribution in [2.24, 2.45) is 0 Å². The first kappa shape index (κ1) is 38.3. The maximum atomic E-state index is 6.79. The van der Waals surface area contributed by atoms with Crippen LogP contribution in [0.5, 0.6) is 0 Å². The van der Waals surface area contributed by atoms with Crippen molar-refractivity contribution < 1.29 is 8.83 Å². The number of rotatable bonds is 4. The minimum atomic E-state index is -0.412. The molecule has 326 valence electrons. The van der Waals surface area contributed by atoms with Gasteiger partial charge in [-0.25, -0.2) is 0 Å². The van der Waals surface area contributed by atoms with Gasteiger partial charge >= 0.3 is 0 Å². The fourth-order valence-corrected chi connectivity index (χ4v) is 13.8. The Morgan fingerprint density at radius 2 is 1.00 bits per heavy atom. The van der Waals surface area contributed by atoms with Crippen molar-refractivity contribution in [2.75, 3.05) is 0 Å². The quantitative estimate of drug-likeness (QED) is 0.191. The van der Waals surface area contributed by atoms with Crippen LogP contribution in [-0.4, -0.2) is 0 Å². The second kappa shape index (κ2) is 14.2. The molecular formula is C66H39NO2S. The summed E-state index contributed by atoms with van der Waals surface area (Å²) in [5.74, 6) is 0. The zero-order valence-electron chi connectivity index (χ0n) is 37.7. The molecule has 1 aliphatic heterocycles. The van der Waals surface area contributed by atoms with Gasteiger partial charge in [-0.15, -0.1) is 11.3 Å². The van der Waals surface area contributed by atoms with Crippen LogP contribution in [0.15, 0.2) is 233 Å². The fraction of sp³-hybridized carbons (Fsp3) is 0.0303. The average molecular weight is 910 g/mol. The van der Waals surface area contributed by atoms with Crippen molar-refractivity contribution in [2.45, 2.75) is 11.5 Å². The molecule has 0 radical (unpaired) electrons. The van der Waals surface area contributed by atoms with Crippen LogP contribution in [0.3, 0.4) is 0 Å². The van der Waals surface area contributed by atoms with Gasteiger partial charge in [-0.05, 0) is 133 Å². The predicted molar refractivity (Wildman–Crippen MR) is 290 cm³/mol. The summed E-state index contributed by atoms with van der Waals surface area (Å²) >= 11 is 1.86. The maximum absolute atomic E-state index is 6.79. The van der Waals surface area contributed by atoms with Crippen molar-refractivity contribution in [3.63, 3.8) is 0 Å². The molecule has 1 unspecified atom stereocenters. The van der Waals surface area contributed by atoms with Gasteiger partial charge in [0.1, 0.15) is 22.3 Å². The second-order valence-electron chi connectivity index (χ2n) is 19.0. The van der Waals surface area contributed by atoms with Gasteiger partial charge in [0, 0.05) is 53.0 Å². The summed E-state index contributed by atoms with van der Waals surface area (Å²) in [6.07, 6.45) is 4.71. The molecule has 4 heteroatoms. The Labute approximate surface area is 406 Å². The van der Waals surface area contributed by atoms with E-state index in [0.717, 1.165) is 71.8 Å². The normalized spacial score (nSPS) is 15.4.